The number of nitrogens with one attached hydrogen (secondary N) is 1. The largest absolute Gasteiger partial charge is 0.472 e. The van der Waals surface area contributed by atoms with Crippen molar-refractivity contribution in [1.29, 1.82) is 0 Å². The molecule has 8 heteroatoms. The Morgan fingerprint density at radius 1 is 1.22 bits per heavy atom. The van der Waals surface area contributed by atoms with Crippen LogP contribution < -0.4 is 10.1 Å². The molecular formula is C19H17N5O2S. The van der Waals surface area contributed by atoms with Crippen LogP contribution in [0.4, 0.5) is 5.13 Å². The van der Waals surface area contributed by atoms with E-state index >= 15 is 0 Å². The zero-order chi connectivity index (χ0) is 19.0. The van der Waals surface area contributed by atoms with Gasteiger partial charge in [0.05, 0.1) is 12.7 Å². The molecule has 0 aliphatic carbocycles. The molecule has 0 unspecified atom stereocenters. The number of pyridine rings is 1. The standard InChI is InChI=1S/C19H17N5O2S/c1-11-8-13(15-10-24(2)16-7-5-4-6-12(15)16)14(9-20-11)17(25)21-18-22-23-19(26-3)27-18/h4-10H,1-3H3,(H,21,22,25). The summed E-state index contributed by atoms with van der Waals surface area (Å²) in [6.45, 7) is 1.91. The lowest BCUT2D eigenvalue weighted by Crippen LogP contribution is -2.13. The summed E-state index contributed by atoms with van der Waals surface area (Å²) in [4.78, 5) is 17.2. The molecule has 4 aromatic rings. The minimum atomic E-state index is -0.288. The molecule has 0 radical (unpaired) electrons. The molecule has 1 N–H and O–H groups in total. The van der Waals surface area contributed by atoms with Crippen molar-refractivity contribution in [3.05, 3.63) is 54.0 Å². The molecule has 27 heavy (non-hydrogen) atoms. The molecule has 0 fully saturated rings. The number of aryl methyl sites for hydroxylation is 2. The number of amides is 1. The van der Waals surface area contributed by atoms with Crippen LogP contribution >= 0.6 is 11.3 Å². The predicted molar refractivity (Wildman–Crippen MR) is 105 cm³/mol. The second kappa shape index (κ2) is 6.81. The van der Waals surface area contributed by atoms with Crippen molar-refractivity contribution in [1.82, 2.24) is 19.7 Å². The summed E-state index contributed by atoms with van der Waals surface area (Å²) in [7, 11) is 3.50. The molecule has 4 rings (SSSR count). The van der Waals surface area contributed by atoms with Crippen LogP contribution in [0.15, 0.2) is 42.7 Å². The van der Waals surface area contributed by atoms with E-state index in [1.54, 1.807) is 6.20 Å². The van der Waals surface area contributed by atoms with Gasteiger partial charge in [0.25, 0.3) is 11.1 Å². The van der Waals surface area contributed by atoms with Gasteiger partial charge in [0, 0.05) is 41.6 Å². The Labute approximate surface area is 159 Å². The highest BCUT2D eigenvalue weighted by Gasteiger charge is 2.19. The van der Waals surface area contributed by atoms with Crippen LogP contribution in [0.5, 0.6) is 5.19 Å². The Morgan fingerprint density at radius 3 is 2.81 bits per heavy atom. The fourth-order valence-electron chi connectivity index (χ4n) is 3.03. The Hall–Kier alpha value is -3.26. The van der Waals surface area contributed by atoms with Crippen molar-refractivity contribution in [2.45, 2.75) is 6.92 Å². The number of methoxy groups -OCH3 is 1. The summed E-state index contributed by atoms with van der Waals surface area (Å²) in [5.41, 5.74) is 4.23. The fourth-order valence-corrected chi connectivity index (χ4v) is 3.58. The Morgan fingerprint density at radius 2 is 2.04 bits per heavy atom. The molecule has 3 heterocycles. The molecule has 0 saturated carbocycles. The van der Waals surface area contributed by atoms with Crippen LogP contribution in [0.2, 0.25) is 0 Å². The number of hydrogen-bond acceptors (Lipinski definition) is 6. The number of nitrogens with zero attached hydrogens (tertiary/aromatic N) is 4. The van der Waals surface area contributed by atoms with E-state index in [-0.39, 0.29) is 5.91 Å². The van der Waals surface area contributed by atoms with Crippen LogP contribution in [-0.2, 0) is 7.05 Å². The van der Waals surface area contributed by atoms with E-state index in [4.69, 9.17) is 4.74 Å². The van der Waals surface area contributed by atoms with Gasteiger partial charge < -0.3 is 9.30 Å². The maximum Gasteiger partial charge on any atom is 0.295 e. The molecule has 0 spiro atoms. The zero-order valence-corrected chi connectivity index (χ0v) is 15.9. The second-order valence-electron chi connectivity index (χ2n) is 6.07. The third-order valence-corrected chi connectivity index (χ3v) is 5.07. The fraction of sp³-hybridized carbons (Fsp3) is 0.158. The van der Waals surface area contributed by atoms with Crippen LogP contribution in [0.25, 0.3) is 22.0 Å². The van der Waals surface area contributed by atoms with E-state index in [1.807, 2.05) is 38.4 Å². The van der Waals surface area contributed by atoms with E-state index in [9.17, 15) is 4.79 Å². The molecule has 0 aliphatic heterocycles. The second-order valence-corrected chi connectivity index (χ2v) is 7.01. The van der Waals surface area contributed by atoms with Gasteiger partial charge in [-0.15, -0.1) is 5.10 Å². The zero-order valence-electron chi connectivity index (χ0n) is 15.1. The number of rotatable bonds is 4. The monoisotopic (exact) mass is 379 g/mol. The number of anilines is 1. The molecule has 1 amide bonds. The highest BCUT2D eigenvalue weighted by molar-refractivity contribution is 7.17. The van der Waals surface area contributed by atoms with Gasteiger partial charge in [0.1, 0.15) is 0 Å². The lowest BCUT2D eigenvalue weighted by atomic mass is 9.99. The van der Waals surface area contributed by atoms with Gasteiger partial charge in [-0.05, 0) is 36.0 Å². The Bertz CT molecular complexity index is 1150. The summed E-state index contributed by atoms with van der Waals surface area (Å²) in [5, 5.41) is 12.4. The summed E-state index contributed by atoms with van der Waals surface area (Å²) in [5.74, 6) is -0.288. The first-order valence-corrected chi connectivity index (χ1v) is 9.08. The van der Waals surface area contributed by atoms with Crippen molar-refractivity contribution in [3.8, 4) is 16.3 Å². The van der Waals surface area contributed by atoms with Gasteiger partial charge in [0.2, 0.25) is 5.13 Å². The number of ether oxygens (including phenoxy) is 1. The lowest BCUT2D eigenvalue weighted by molar-refractivity contribution is 0.102. The number of aromatic nitrogens is 4. The van der Waals surface area contributed by atoms with Crippen LogP contribution in [0, 0.1) is 6.92 Å². The molecular weight excluding hydrogens is 362 g/mol. The topological polar surface area (TPSA) is 81.9 Å². The van der Waals surface area contributed by atoms with E-state index in [1.165, 1.54) is 18.4 Å². The minimum Gasteiger partial charge on any atom is -0.472 e. The van der Waals surface area contributed by atoms with Crippen molar-refractivity contribution in [3.63, 3.8) is 0 Å². The Balaban J connectivity index is 1.79. The maximum atomic E-state index is 12.9. The lowest BCUT2D eigenvalue weighted by Gasteiger charge is -2.09. The SMILES string of the molecule is COc1nnc(NC(=O)c2cnc(C)cc2-c2cn(C)c3ccccc23)s1. The van der Waals surface area contributed by atoms with E-state index in [2.05, 4.69) is 37.2 Å². The van der Waals surface area contributed by atoms with Crippen LogP contribution in [-0.4, -0.2) is 32.8 Å². The minimum absolute atomic E-state index is 0.288. The normalized spacial score (nSPS) is 10.9. The van der Waals surface area contributed by atoms with Crippen molar-refractivity contribution >= 4 is 33.3 Å². The number of benzene rings is 1. The number of para-hydroxylation sites is 1. The predicted octanol–water partition coefficient (Wildman–Crippen LogP) is 3.66. The Kier molecular flexibility index (Phi) is 4.33. The van der Waals surface area contributed by atoms with E-state index in [0.717, 1.165) is 27.7 Å². The van der Waals surface area contributed by atoms with Gasteiger partial charge in [-0.1, -0.05) is 23.3 Å². The van der Waals surface area contributed by atoms with Crippen LogP contribution in [0.1, 0.15) is 16.1 Å². The smallest absolute Gasteiger partial charge is 0.295 e. The first-order chi connectivity index (χ1) is 13.1. The highest BCUT2D eigenvalue weighted by atomic mass is 32.1. The van der Waals surface area contributed by atoms with Gasteiger partial charge >= 0.3 is 0 Å². The summed E-state index contributed by atoms with van der Waals surface area (Å²) in [6, 6.07) is 10.0. The van der Waals surface area contributed by atoms with Gasteiger partial charge in [-0.25, -0.2) is 0 Å². The highest BCUT2D eigenvalue weighted by Crippen LogP contribution is 2.33. The summed E-state index contributed by atoms with van der Waals surface area (Å²) < 4.78 is 7.07. The molecule has 3 aromatic heterocycles. The van der Waals surface area contributed by atoms with Crippen LogP contribution in [0.3, 0.4) is 0 Å². The van der Waals surface area contributed by atoms with Gasteiger partial charge in [-0.2, -0.15) is 0 Å². The van der Waals surface area contributed by atoms with Gasteiger partial charge in [-0.3, -0.25) is 15.1 Å². The van der Waals surface area contributed by atoms with E-state index in [0.29, 0.717) is 15.9 Å². The summed E-state index contributed by atoms with van der Waals surface area (Å²) >= 11 is 1.17. The van der Waals surface area contributed by atoms with Crippen molar-refractivity contribution < 1.29 is 9.53 Å². The van der Waals surface area contributed by atoms with Crippen molar-refractivity contribution in [2.75, 3.05) is 12.4 Å². The number of carbonyl (C=O) groups excluding carboxylic acids is 1. The number of carbonyl (C=O) groups is 1. The molecule has 0 atom stereocenters. The van der Waals surface area contributed by atoms with Gasteiger partial charge in [0.15, 0.2) is 0 Å². The summed E-state index contributed by atoms with van der Waals surface area (Å²) in [6.07, 6.45) is 3.63. The average Bonchev–Trinajstić information content (AvgIpc) is 3.26. The number of fused-ring (bicyclic) bond motifs is 1. The number of hydrogen-bond donors (Lipinski definition) is 1. The third-order valence-electron chi connectivity index (χ3n) is 4.27. The molecule has 136 valence electrons. The quantitative estimate of drug-likeness (QED) is 0.585. The first-order valence-electron chi connectivity index (χ1n) is 8.26. The molecule has 1 aromatic carbocycles. The van der Waals surface area contributed by atoms with E-state index < -0.39 is 0 Å². The molecule has 0 bridgehead atoms. The molecule has 7 nitrogen and oxygen atoms in total. The average molecular weight is 379 g/mol. The third kappa shape index (κ3) is 3.15. The molecule has 0 saturated heterocycles. The first kappa shape index (κ1) is 17.2. The van der Waals surface area contributed by atoms with Crippen molar-refractivity contribution in [2.24, 2.45) is 7.05 Å². The molecule has 0 aliphatic rings. The maximum absolute atomic E-state index is 12.9.